The van der Waals surface area contributed by atoms with Crippen molar-refractivity contribution in [3.63, 3.8) is 0 Å². The minimum absolute atomic E-state index is 0.293. The molecule has 1 saturated carbocycles. The van der Waals surface area contributed by atoms with Gasteiger partial charge in [0.25, 0.3) is 5.91 Å². The van der Waals surface area contributed by atoms with Crippen LogP contribution < -0.4 is 5.43 Å². The average Bonchev–Trinajstić information content (AvgIpc) is 3.11. The molecule has 2 fully saturated rings. The van der Waals surface area contributed by atoms with Crippen LogP contribution in [0.15, 0.2) is 6.20 Å². The molecule has 1 aliphatic heterocycles. The summed E-state index contributed by atoms with van der Waals surface area (Å²) >= 11 is 0. The highest BCUT2D eigenvalue weighted by Gasteiger charge is 2.29. The van der Waals surface area contributed by atoms with Crippen molar-refractivity contribution < 1.29 is 14.3 Å². The number of aryl methyl sites for hydroxylation is 1. The minimum atomic E-state index is -0.510. The molecule has 0 radical (unpaired) electrons. The van der Waals surface area contributed by atoms with E-state index in [1.807, 2.05) is 0 Å². The Balaban J connectivity index is 1.78. The number of carbonyl (C=O) groups excluding carboxylic acids is 2. The largest absolute Gasteiger partial charge is 0.446 e. The van der Waals surface area contributed by atoms with Crippen molar-refractivity contribution in [3.05, 3.63) is 17.5 Å². The molecule has 0 atom stereocenters. The number of hydrazine groups is 1. The van der Waals surface area contributed by atoms with E-state index in [-0.39, 0.29) is 5.91 Å². The van der Waals surface area contributed by atoms with Gasteiger partial charge in [0.2, 0.25) is 0 Å². The van der Waals surface area contributed by atoms with Crippen molar-refractivity contribution >= 4 is 12.0 Å². The predicted octanol–water partition coefficient (Wildman–Crippen LogP) is 1.17. The topological polar surface area (TPSA) is 76.5 Å². The zero-order chi connectivity index (χ0) is 14.1. The van der Waals surface area contributed by atoms with Gasteiger partial charge in [-0.1, -0.05) is 12.8 Å². The molecule has 3 rings (SSSR count). The Kier molecular flexibility index (Phi) is 3.33. The Morgan fingerprint density at radius 1 is 1.45 bits per heavy atom. The van der Waals surface area contributed by atoms with Gasteiger partial charge < -0.3 is 4.74 Å². The Labute approximate surface area is 116 Å². The first-order valence-corrected chi connectivity index (χ1v) is 6.94. The number of carbonyl (C=O) groups is 2. The first-order chi connectivity index (χ1) is 9.65. The molecule has 108 valence electrons. The van der Waals surface area contributed by atoms with E-state index in [1.165, 1.54) is 17.9 Å². The number of amides is 2. The lowest BCUT2D eigenvalue weighted by Gasteiger charge is -2.14. The molecule has 1 aliphatic carbocycles. The summed E-state index contributed by atoms with van der Waals surface area (Å²) in [5, 5.41) is 5.63. The Hall–Kier alpha value is -2.05. The van der Waals surface area contributed by atoms with Crippen LogP contribution in [0.2, 0.25) is 0 Å². The molecule has 2 aliphatic rings. The van der Waals surface area contributed by atoms with Crippen molar-refractivity contribution in [3.8, 4) is 0 Å². The fourth-order valence-electron chi connectivity index (χ4n) is 2.86. The third-order valence-electron chi connectivity index (χ3n) is 3.84. The van der Waals surface area contributed by atoms with E-state index in [2.05, 4.69) is 10.5 Å². The van der Waals surface area contributed by atoms with Gasteiger partial charge in [0.15, 0.2) is 0 Å². The maximum Gasteiger partial charge on any atom is 0.428 e. The highest BCUT2D eigenvalue weighted by molar-refractivity contribution is 5.96. The SMILES string of the molecule is Cn1cc(C(=O)NN2CCOC2=O)c(C2CCCC2)n1. The Morgan fingerprint density at radius 3 is 2.85 bits per heavy atom. The average molecular weight is 278 g/mol. The van der Waals surface area contributed by atoms with Gasteiger partial charge in [-0.2, -0.15) is 5.10 Å². The quantitative estimate of drug-likeness (QED) is 0.900. The fraction of sp³-hybridized carbons (Fsp3) is 0.615. The van der Waals surface area contributed by atoms with E-state index in [4.69, 9.17) is 4.74 Å². The predicted molar refractivity (Wildman–Crippen MR) is 69.9 cm³/mol. The van der Waals surface area contributed by atoms with Gasteiger partial charge in [0.05, 0.1) is 17.8 Å². The Bertz CT molecular complexity index is 534. The first kappa shape index (κ1) is 13.0. The van der Waals surface area contributed by atoms with Crippen molar-refractivity contribution in [2.75, 3.05) is 13.2 Å². The number of nitrogens with one attached hydrogen (secondary N) is 1. The fourth-order valence-corrected chi connectivity index (χ4v) is 2.86. The Morgan fingerprint density at radius 2 is 2.20 bits per heavy atom. The second-order valence-corrected chi connectivity index (χ2v) is 5.29. The molecule has 1 saturated heterocycles. The maximum absolute atomic E-state index is 12.3. The minimum Gasteiger partial charge on any atom is -0.446 e. The van der Waals surface area contributed by atoms with Crippen LogP contribution in [0.3, 0.4) is 0 Å². The van der Waals surface area contributed by atoms with E-state index in [1.54, 1.807) is 17.9 Å². The molecule has 0 bridgehead atoms. The van der Waals surface area contributed by atoms with Gasteiger partial charge in [0.1, 0.15) is 6.61 Å². The van der Waals surface area contributed by atoms with Gasteiger partial charge in [-0.3, -0.25) is 14.9 Å². The molecule has 7 nitrogen and oxygen atoms in total. The molecule has 0 spiro atoms. The summed E-state index contributed by atoms with van der Waals surface area (Å²) in [6.07, 6.45) is 5.71. The smallest absolute Gasteiger partial charge is 0.428 e. The summed E-state index contributed by atoms with van der Waals surface area (Å²) in [6, 6.07) is 0. The molecule has 20 heavy (non-hydrogen) atoms. The van der Waals surface area contributed by atoms with Gasteiger partial charge in [0, 0.05) is 19.2 Å². The molecule has 1 N–H and O–H groups in total. The molecule has 7 heteroatoms. The van der Waals surface area contributed by atoms with Crippen LogP contribution in [0.5, 0.6) is 0 Å². The van der Waals surface area contributed by atoms with Gasteiger partial charge in [-0.05, 0) is 12.8 Å². The maximum atomic E-state index is 12.3. The van der Waals surface area contributed by atoms with Crippen LogP contribution >= 0.6 is 0 Å². The first-order valence-electron chi connectivity index (χ1n) is 6.94. The summed E-state index contributed by atoms with van der Waals surface area (Å²) < 4.78 is 6.45. The summed E-state index contributed by atoms with van der Waals surface area (Å²) in [4.78, 5) is 23.7. The lowest BCUT2D eigenvalue weighted by atomic mass is 10.0. The second kappa shape index (κ2) is 5.15. The van der Waals surface area contributed by atoms with Crippen LogP contribution in [0.4, 0.5) is 4.79 Å². The summed E-state index contributed by atoms with van der Waals surface area (Å²) in [5.74, 6) is 0.0568. The number of cyclic esters (lactones) is 1. The third-order valence-corrected chi connectivity index (χ3v) is 3.84. The van der Waals surface area contributed by atoms with Crippen molar-refractivity contribution in [1.82, 2.24) is 20.2 Å². The second-order valence-electron chi connectivity index (χ2n) is 5.29. The molecular formula is C13H18N4O3. The van der Waals surface area contributed by atoms with E-state index in [9.17, 15) is 9.59 Å². The van der Waals surface area contributed by atoms with Crippen molar-refractivity contribution in [1.29, 1.82) is 0 Å². The zero-order valence-corrected chi connectivity index (χ0v) is 11.5. The summed E-state index contributed by atoms with van der Waals surface area (Å²) in [6.45, 7) is 0.686. The molecule has 0 unspecified atom stereocenters. The van der Waals surface area contributed by atoms with Crippen LogP contribution in [-0.2, 0) is 11.8 Å². The molecule has 1 aromatic heterocycles. The van der Waals surface area contributed by atoms with Crippen LogP contribution in [0.25, 0.3) is 0 Å². The van der Waals surface area contributed by atoms with Gasteiger partial charge in [-0.25, -0.2) is 9.80 Å². The highest BCUT2D eigenvalue weighted by atomic mass is 16.6. The van der Waals surface area contributed by atoms with Crippen LogP contribution in [0.1, 0.15) is 47.7 Å². The van der Waals surface area contributed by atoms with E-state index >= 15 is 0 Å². The zero-order valence-electron chi connectivity index (χ0n) is 11.5. The lowest BCUT2D eigenvalue weighted by molar-refractivity contribution is 0.0830. The van der Waals surface area contributed by atoms with Crippen LogP contribution in [-0.4, -0.2) is 39.9 Å². The number of ether oxygens (including phenoxy) is 1. The molecule has 0 aromatic carbocycles. The van der Waals surface area contributed by atoms with E-state index in [0.29, 0.717) is 24.6 Å². The lowest BCUT2D eigenvalue weighted by Crippen LogP contribution is -2.42. The van der Waals surface area contributed by atoms with E-state index in [0.717, 1.165) is 18.5 Å². The van der Waals surface area contributed by atoms with Gasteiger partial charge >= 0.3 is 6.09 Å². The molecule has 2 heterocycles. The van der Waals surface area contributed by atoms with E-state index < -0.39 is 6.09 Å². The molecule has 2 amide bonds. The molecular weight excluding hydrogens is 260 g/mol. The number of aromatic nitrogens is 2. The number of nitrogens with zero attached hydrogens (tertiary/aromatic N) is 3. The monoisotopic (exact) mass is 278 g/mol. The normalized spacial score (nSPS) is 19.4. The summed E-state index contributed by atoms with van der Waals surface area (Å²) in [5.41, 5.74) is 3.99. The van der Waals surface area contributed by atoms with Crippen molar-refractivity contribution in [2.45, 2.75) is 31.6 Å². The summed E-state index contributed by atoms with van der Waals surface area (Å²) in [7, 11) is 1.80. The number of hydrogen-bond donors (Lipinski definition) is 1. The number of hydrogen-bond acceptors (Lipinski definition) is 4. The van der Waals surface area contributed by atoms with Crippen LogP contribution in [0, 0.1) is 0 Å². The number of rotatable bonds is 3. The third kappa shape index (κ3) is 2.35. The highest BCUT2D eigenvalue weighted by Crippen LogP contribution is 2.34. The molecule has 1 aromatic rings. The van der Waals surface area contributed by atoms with Gasteiger partial charge in [-0.15, -0.1) is 0 Å². The standard InChI is InChI=1S/C13H18N4O3/c1-16-8-10(11(14-16)9-4-2-3-5-9)12(18)15-17-6-7-20-13(17)19/h8-9H,2-7H2,1H3,(H,15,18). The van der Waals surface area contributed by atoms with Crippen molar-refractivity contribution in [2.24, 2.45) is 7.05 Å².